The van der Waals surface area contributed by atoms with E-state index in [0.717, 1.165) is 44.4 Å². The summed E-state index contributed by atoms with van der Waals surface area (Å²) in [5.74, 6) is -0.315. The quantitative estimate of drug-likeness (QED) is 0.273. The number of amides is 2. The van der Waals surface area contributed by atoms with Crippen LogP contribution in [0.25, 0.3) is 10.2 Å². The summed E-state index contributed by atoms with van der Waals surface area (Å²) in [6, 6.07) is 5.92. The maximum absolute atomic E-state index is 12.6. The van der Waals surface area contributed by atoms with E-state index in [4.69, 9.17) is 4.74 Å². The first-order chi connectivity index (χ1) is 17.3. The number of esters is 1. The molecule has 4 rings (SSSR count). The van der Waals surface area contributed by atoms with Crippen molar-refractivity contribution in [2.75, 3.05) is 23.9 Å². The van der Waals surface area contributed by atoms with Gasteiger partial charge in [0.25, 0.3) is 5.91 Å². The molecule has 0 saturated carbocycles. The van der Waals surface area contributed by atoms with Crippen LogP contribution in [-0.4, -0.2) is 41.0 Å². The fourth-order valence-corrected chi connectivity index (χ4v) is 7.75. The van der Waals surface area contributed by atoms with E-state index in [1.165, 1.54) is 41.5 Å². The highest BCUT2D eigenvalue weighted by Gasteiger charge is 2.28. The van der Waals surface area contributed by atoms with Crippen molar-refractivity contribution in [1.82, 2.24) is 4.57 Å². The number of hydrogen-bond donors (Lipinski definition) is 1. The molecule has 1 aliphatic carbocycles. The first-order valence-corrected chi connectivity index (χ1v) is 15.0. The van der Waals surface area contributed by atoms with Crippen molar-refractivity contribution in [2.45, 2.75) is 32.7 Å². The molecule has 2 heterocycles. The summed E-state index contributed by atoms with van der Waals surface area (Å²) in [5, 5.41) is 3.40. The molecule has 1 N–H and O–H groups in total. The lowest BCUT2D eigenvalue weighted by Crippen LogP contribution is -2.19. The van der Waals surface area contributed by atoms with Crippen molar-refractivity contribution in [1.29, 1.82) is 0 Å². The molecule has 2 aromatic heterocycles. The highest BCUT2D eigenvalue weighted by atomic mass is 79.9. The summed E-state index contributed by atoms with van der Waals surface area (Å²) in [5.41, 5.74) is 2.44. The lowest BCUT2D eigenvalue weighted by atomic mass is 9.88. The van der Waals surface area contributed by atoms with E-state index in [1.54, 1.807) is 6.08 Å². The first kappa shape index (κ1) is 26.8. The molecule has 0 spiro atoms. The zero-order valence-corrected chi connectivity index (χ0v) is 24.0. The number of nitrogens with zero attached hydrogens (tertiary/aromatic N) is 2. The number of rotatable bonds is 8. The number of fused-ring (bicyclic) bond motifs is 2. The number of methoxy groups -OCH3 is 1. The fraction of sp³-hybridized carbons (Fsp3) is 0.360. The van der Waals surface area contributed by atoms with Crippen molar-refractivity contribution < 1.29 is 19.1 Å². The van der Waals surface area contributed by atoms with E-state index in [1.807, 2.05) is 22.8 Å². The standard InChI is InChI=1S/C25H26BrN3O4S3/c1-4-9-29-17-8-6-15(26)11-19(17)36-25(29)28-21(31)13-34-12-20(30)27-23-22(24(32)33-3)16-7-5-14(2)10-18(16)35-23/h4,6,8,11,14H,1,5,7,9-10,12-13H2,2-3H3,(H,27,30). The molecular formula is C25H26BrN3O4S3. The summed E-state index contributed by atoms with van der Waals surface area (Å²) in [6.07, 6.45) is 4.47. The highest BCUT2D eigenvalue weighted by Crippen LogP contribution is 2.40. The molecule has 36 heavy (non-hydrogen) atoms. The summed E-state index contributed by atoms with van der Waals surface area (Å²) < 4.78 is 8.90. The van der Waals surface area contributed by atoms with Gasteiger partial charge in [-0.3, -0.25) is 9.59 Å². The van der Waals surface area contributed by atoms with E-state index < -0.39 is 5.97 Å². The molecule has 7 nitrogen and oxygen atoms in total. The van der Waals surface area contributed by atoms with Gasteiger partial charge in [-0.05, 0) is 48.9 Å². The van der Waals surface area contributed by atoms with E-state index in [-0.39, 0.29) is 23.3 Å². The van der Waals surface area contributed by atoms with Crippen LogP contribution in [0.15, 0.2) is 40.3 Å². The number of thioether (sulfide) groups is 1. The Hall–Kier alpha value is -2.21. The van der Waals surface area contributed by atoms with Crippen molar-refractivity contribution in [2.24, 2.45) is 10.9 Å². The lowest BCUT2D eigenvalue weighted by molar-refractivity contribution is -0.115. The Morgan fingerprint density at radius 2 is 2.14 bits per heavy atom. The molecule has 1 atom stereocenters. The number of ether oxygens (including phenoxy) is 1. The van der Waals surface area contributed by atoms with Crippen molar-refractivity contribution in [3.63, 3.8) is 0 Å². The Morgan fingerprint density at radius 1 is 1.33 bits per heavy atom. The molecule has 1 unspecified atom stereocenters. The minimum absolute atomic E-state index is 0.0712. The number of benzene rings is 1. The number of aromatic nitrogens is 1. The van der Waals surface area contributed by atoms with Gasteiger partial charge in [-0.25, -0.2) is 4.79 Å². The van der Waals surface area contributed by atoms with Crippen LogP contribution in [0.3, 0.4) is 0 Å². The maximum atomic E-state index is 12.6. The maximum Gasteiger partial charge on any atom is 0.341 e. The monoisotopic (exact) mass is 607 g/mol. The topological polar surface area (TPSA) is 89.8 Å². The molecule has 0 saturated heterocycles. The van der Waals surface area contributed by atoms with Crippen molar-refractivity contribution >= 4 is 83.4 Å². The largest absolute Gasteiger partial charge is 0.465 e. The second kappa shape index (κ2) is 11.9. The molecule has 2 amide bonds. The molecule has 1 aliphatic rings. The number of anilines is 1. The zero-order valence-electron chi connectivity index (χ0n) is 20.0. The number of hydrogen-bond acceptors (Lipinski definition) is 7. The van der Waals surface area contributed by atoms with Crippen LogP contribution in [0.1, 0.15) is 34.1 Å². The minimum atomic E-state index is -0.429. The number of allylic oxidation sites excluding steroid dienone is 1. The molecule has 11 heteroatoms. The van der Waals surface area contributed by atoms with Gasteiger partial charge in [0.15, 0.2) is 4.80 Å². The number of carbonyl (C=O) groups is 3. The number of nitrogens with one attached hydrogen (secondary N) is 1. The fourth-order valence-electron chi connectivity index (χ4n) is 4.13. The Bertz CT molecular complexity index is 1410. The SMILES string of the molecule is C=CCn1c(=NC(=O)CSCC(=O)Nc2sc3c(c2C(=O)OC)CCC(C)C3)sc2cc(Br)ccc21. The van der Waals surface area contributed by atoms with Gasteiger partial charge in [-0.1, -0.05) is 40.3 Å². The summed E-state index contributed by atoms with van der Waals surface area (Å²) in [7, 11) is 1.35. The molecule has 0 radical (unpaired) electrons. The van der Waals surface area contributed by atoms with Crippen molar-refractivity contribution in [3.8, 4) is 0 Å². The normalized spacial score (nSPS) is 15.5. The Morgan fingerprint density at radius 3 is 2.89 bits per heavy atom. The summed E-state index contributed by atoms with van der Waals surface area (Å²) in [6.45, 7) is 6.53. The van der Waals surface area contributed by atoms with E-state index in [2.05, 4.69) is 39.7 Å². The van der Waals surface area contributed by atoms with Crippen LogP contribution < -0.4 is 10.1 Å². The van der Waals surface area contributed by atoms with Gasteiger partial charge in [-0.2, -0.15) is 4.99 Å². The third-order valence-corrected chi connectivity index (χ3v) is 9.41. The smallest absolute Gasteiger partial charge is 0.341 e. The molecule has 0 bridgehead atoms. The zero-order chi connectivity index (χ0) is 25.8. The molecule has 0 fully saturated rings. The number of halogens is 1. The highest BCUT2D eigenvalue weighted by molar-refractivity contribution is 9.10. The van der Waals surface area contributed by atoms with Crippen molar-refractivity contribution in [3.05, 3.63) is 56.1 Å². The van der Waals surface area contributed by atoms with Gasteiger partial charge in [0.2, 0.25) is 5.91 Å². The van der Waals surface area contributed by atoms with Gasteiger partial charge in [0, 0.05) is 15.9 Å². The van der Waals surface area contributed by atoms with Crippen LogP contribution in [-0.2, 0) is 33.7 Å². The Balaban J connectivity index is 1.41. The van der Waals surface area contributed by atoms with Crippen LogP contribution in [0.2, 0.25) is 0 Å². The number of thiophene rings is 1. The van der Waals surface area contributed by atoms with Gasteiger partial charge >= 0.3 is 5.97 Å². The van der Waals surface area contributed by atoms with E-state index in [0.29, 0.717) is 27.8 Å². The molecule has 0 aliphatic heterocycles. The minimum Gasteiger partial charge on any atom is -0.465 e. The Kier molecular flexibility index (Phi) is 8.87. The van der Waals surface area contributed by atoms with Crippen LogP contribution in [0.4, 0.5) is 5.00 Å². The van der Waals surface area contributed by atoms with Gasteiger partial charge in [-0.15, -0.1) is 29.7 Å². The molecule has 3 aromatic rings. The van der Waals surface area contributed by atoms with Gasteiger partial charge in [0.05, 0.1) is 34.4 Å². The third-order valence-electron chi connectivity index (χ3n) is 5.79. The molecular weight excluding hydrogens is 582 g/mol. The third kappa shape index (κ3) is 6.01. The second-order valence-corrected chi connectivity index (χ2v) is 12.5. The second-order valence-electron chi connectivity index (χ2n) is 8.49. The van der Waals surface area contributed by atoms with Crippen LogP contribution >= 0.6 is 50.4 Å². The predicted octanol–water partition coefficient (Wildman–Crippen LogP) is 5.42. The molecule has 190 valence electrons. The van der Waals surface area contributed by atoms with Gasteiger partial charge in [0.1, 0.15) is 5.00 Å². The lowest BCUT2D eigenvalue weighted by Gasteiger charge is -2.18. The van der Waals surface area contributed by atoms with E-state index in [9.17, 15) is 14.4 Å². The Labute approximate surface area is 229 Å². The van der Waals surface area contributed by atoms with E-state index >= 15 is 0 Å². The van der Waals surface area contributed by atoms with Crippen LogP contribution in [0, 0.1) is 5.92 Å². The average molecular weight is 609 g/mol. The van der Waals surface area contributed by atoms with Gasteiger partial charge < -0.3 is 14.6 Å². The summed E-state index contributed by atoms with van der Waals surface area (Å²) >= 11 is 7.55. The first-order valence-electron chi connectivity index (χ1n) is 11.4. The van der Waals surface area contributed by atoms with Crippen LogP contribution in [0.5, 0.6) is 0 Å². The molecule has 1 aromatic carbocycles. The average Bonchev–Trinajstić information content (AvgIpc) is 3.35. The number of thiazole rings is 1. The predicted molar refractivity (Wildman–Crippen MR) is 151 cm³/mol. The summed E-state index contributed by atoms with van der Waals surface area (Å²) in [4.78, 5) is 43.7. The number of carbonyl (C=O) groups excluding carboxylic acids is 3.